The summed E-state index contributed by atoms with van der Waals surface area (Å²) in [7, 11) is 0. The number of fused-ring (bicyclic) bond motifs is 1. The van der Waals surface area contributed by atoms with Crippen LogP contribution in [0.5, 0.6) is 5.75 Å². The molecule has 0 radical (unpaired) electrons. The van der Waals surface area contributed by atoms with Crippen LogP contribution in [0, 0.1) is 11.3 Å². The van der Waals surface area contributed by atoms with Gasteiger partial charge < -0.3 is 14.5 Å². The zero-order chi connectivity index (χ0) is 26.9. The summed E-state index contributed by atoms with van der Waals surface area (Å²) < 4.78 is 6.08. The van der Waals surface area contributed by atoms with Gasteiger partial charge in [0.15, 0.2) is 0 Å². The number of ether oxygens (including phenoxy) is 1. The number of amides is 3. The lowest BCUT2D eigenvalue weighted by molar-refractivity contribution is -0.136. The molecule has 1 unspecified atom stereocenters. The number of nitriles is 1. The van der Waals surface area contributed by atoms with Gasteiger partial charge in [-0.15, -0.1) is 0 Å². The van der Waals surface area contributed by atoms with Crippen molar-refractivity contribution in [3.05, 3.63) is 63.1 Å². The predicted octanol–water partition coefficient (Wildman–Crippen LogP) is 4.08. The summed E-state index contributed by atoms with van der Waals surface area (Å²) in [6.45, 7) is 3.15. The van der Waals surface area contributed by atoms with Gasteiger partial charge in [0.05, 0.1) is 24.6 Å². The molecule has 2 aromatic rings. The lowest BCUT2D eigenvalue weighted by Gasteiger charge is -2.38. The quantitative estimate of drug-likeness (QED) is 0.408. The summed E-state index contributed by atoms with van der Waals surface area (Å²) >= 11 is 12.5. The topological polar surface area (TPSA) is 103 Å². The zero-order valence-electron chi connectivity index (χ0n) is 20.8. The minimum absolute atomic E-state index is 0.213. The van der Waals surface area contributed by atoms with Crippen LogP contribution in [0.3, 0.4) is 0 Å². The van der Waals surface area contributed by atoms with Crippen LogP contribution >= 0.6 is 23.2 Å². The van der Waals surface area contributed by atoms with E-state index >= 15 is 0 Å². The van der Waals surface area contributed by atoms with Gasteiger partial charge in [0, 0.05) is 34.1 Å². The molecule has 38 heavy (non-hydrogen) atoms. The summed E-state index contributed by atoms with van der Waals surface area (Å²) in [4.78, 5) is 40.7. The van der Waals surface area contributed by atoms with Crippen molar-refractivity contribution in [3.63, 3.8) is 0 Å². The van der Waals surface area contributed by atoms with Gasteiger partial charge in [0.25, 0.3) is 5.91 Å². The van der Waals surface area contributed by atoms with Crippen LogP contribution in [0.4, 0.5) is 0 Å². The molecule has 1 atom stereocenters. The second kappa shape index (κ2) is 10.9. The molecule has 5 rings (SSSR count). The maximum absolute atomic E-state index is 13.0. The fourth-order valence-electron chi connectivity index (χ4n) is 5.64. The molecule has 0 saturated carbocycles. The average molecular weight is 555 g/mol. The standard InChI is InChI=1S/C28H28Cl2N4O4/c29-18-5-6-21(22(30)15-18)28(17-31)9-12-33(13-10-28)11-2-14-38-24-4-1-3-19-20(24)16-34(27(19)37)23-7-8-25(35)32-26(23)36/h1,3-6,15,23H,2,7-14,16H2,(H,32,35,36). The smallest absolute Gasteiger partial charge is 0.255 e. The lowest BCUT2D eigenvalue weighted by Crippen LogP contribution is -2.52. The third-order valence-corrected chi connectivity index (χ3v) is 8.33. The summed E-state index contributed by atoms with van der Waals surface area (Å²) in [6.07, 6.45) is 2.72. The van der Waals surface area contributed by atoms with Crippen molar-refractivity contribution in [3.8, 4) is 11.8 Å². The van der Waals surface area contributed by atoms with Crippen LogP contribution in [0.25, 0.3) is 0 Å². The molecule has 1 N–H and O–H groups in total. The van der Waals surface area contributed by atoms with E-state index < -0.39 is 17.4 Å². The molecule has 3 aliphatic rings. The maximum atomic E-state index is 13.0. The first-order chi connectivity index (χ1) is 18.3. The van der Waals surface area contributed by atoms with E-state index in [4.69, 9.17) is 27.9 Å². The van der Waals surface area contributed by atoms with Gasteiger partial charge >= 0.3 is 0 Å². The van der Waals surface area contributed by atoms with E-state index in [-0.39, 0.29) is 24.8 Å². The normalized spacial score (nSPS) is 21.1. The molecule has 0 bridgehead atoms. The van der Waals surface area contributed by atoms with Crippen molar-refractivity contribution >= 4 is 40.9 Å². The molecule has 3 aliphatic heterocycles. The summed E-state index contributed by atoms with van der Waals surface area (Å²) in [6, 6.07) is 12.6. The van der Waals surface area contributed by atoms with Gasteiger partial charge in [0.2, 0.25) is 11.8 Å². The first-order valence-corrected chi connectivity index (χ1v) is 13.6. The van der Waals surface area contributed by atoms with Gasteiger partial charge in [0.1, 0.15) is 11.8 Å². The Morgan fingerprint density at radius 3 is 2.63 bits per heavy atom. The monoisotopic (exact) mass is 554 g/mol. The highest BCUT2D eigenvalue weighted by Crippen LogP contribution is 2.40. The van der Waals surface area contributed by atoms with Crippen molar-refractivity contribution < 1.29 is 19.1 Å². The van der Waals surface area contributed by atoms with E-state index in [1.54, 1.807) is 24.3 Å². The van der Waals surface area contributed by atoms with E-state index in [0.717, 1.165) is 37.2 Å². The molecule has 8 nitrogen and oxygen atoms in total. The number of benzene rings is 2. The highest BCUT2D eigenvalue weighted by atomic mass is 35.5. The Hall–Kier alpha value is -3.12. The number of likely N-dealkylation sites (tertiary alicyclic amines) is 1. The Labute approximate surface area is 231 Å². The third-order valence-electron chi connectivity index (χ3n) is 7.79. The van der Waals surface area contributed by atoms with Crippen LogP contribution in [-0.4, -0.2) is 59.8 Å². The molecule has 2 saturated heterocycles. The Morgan fingerprint density at radius 2 is 1.92 bits per heavy atom. The van der Waals surface area contributed by atoms with Crippen LogP contribution < -0.4 is 10.1 Å². The van der Waals surface area contributed by atoms with Gasteiger partial charge in [-0.25, -0.2) is 0 Å². The average Bonchev–Trinajstić information content (AvgIpc) is 3.24. The number of halogens is 2. The number of nitrogens with zero attached hydrogens (tertiary/aromatic N) is 3. The predicted molar refractivity (Wildman–Crippen MR) is 142 cm³/mol. The molecule has 2 aromatic carbocycles. The fourth-order valence-corrected chi connectivity index (χ4v) is 6.23. The summed E-state index contributed by atoms with van der Waals surface area (Å²) in [5, 5.41) is 13.4. The molecule has 0 aromatic heterocycles. The van der Waals surface area contributed by atoms with Gasteiger partial charge in [-0.05, 0) is 68.6 Å². The molecule has 10 heteroatoms. The van der Waals surface area contributed by atoms with Gasteiger partial charge in [-0.1, -0.05) is 35.3 Å². The molecule has 0 aliphatic carbocycles. The number of hydrogen-bond acceptors (Lipinski definition) is 6. The first-order valence-electron chi connectivity index (χ1n) is 12.8. The summed E-state index contributed by atoms with van der Waals surface area (Å²) in [5.41, 5.74) is 1.55. The van der Waals surface area contributed by atoms with Crippen LogP contribution in [0.1, 0.15) is 53.6 Å². The van der Waals surface area contributed by atoms with Crippen molar-refractivity contribution in [2.24, 2.45) is 0 Å². The second-order valence-corrected chi connectivity index (χ2v) is 10.9. The second-order valence-electron chi connectivity index (χ2n) is 10.0. The van der Waals surface area contributed by atoms with Crippen LogP contribution in [-0.2, 0) is 21.5 Å². The van der Waals surface area contributed by atoms with E-state index in [0.29, 0.717) is 47.2 Å². The van der Waals surface area contributed by atoms with Crippen LogP contribution in [0.15, 0.2) is 36.4 Å². The van der Waals surface area contributed by atoms with Crippen molar-refractivity contribution in [2.75, 3.05) is 26.2 Å². The number of imide groups is 1. The lowest BCUT2D eigenvalue weighted by atomic mass is 9.74. The molecular formula is C28H28Cl2N4O4. The third kappa shape index (κ3) is 5.11. The minimum atomic E-state index is -0.650. The molecule has 2 fully saturated rings. The fraction of sp³-hybridized carbons (Fsp3) is 0.429. The number of carbonyl (C=O) groups is 3. The van der Waals surface area contributed by atoms with Crippen molar-refractivity contribution in [2.45, 2.75) is 50.1 Å². The molecule has 198 valence electrons. The van der Waals surface area contributed by atoms with E-state index in [9.17, 15) is 19.6 Å². The molecular weight excluding hydrogens is 527 g/mol. The molecule has 0 spiro atoms. The Balaban J connectivity index is 1.14. The number of nitrogens with one attached hydrogen (secondary N) is 1. The number of rotatable bonds is 7. The Kier molecular flexibility index (Phi) is 7.62. The van der Waals surface area contributed by atoms with Crippen molar-refractivity contribution in [1.82, 2.24) is 15.1 Å². The van der Waals surface area contributed by atoms with E-state index in [1.807, 2.05) is 12.1 Å². The number of piperidine rings is 2. The van der Waals surface area contributed by atoms with E-state index in [1.165, 1.54) is 4.90 Å². The van der Waals surface area contributed by atoms with Crippen LogP contribution in [0.2, 0.25) is 10.0 Å². The van der Waals surface area contributed by atoms with Crippen molar-refractivity contribution in [1.29, 1.82) is 5.26 Å². The number of hydrogen-bond donors (Lipinski definition) is 1. The highest BCUT2D eigenvalue weighted by molar-refractivity contribution is 6.35. The van der Waals surface area contributed by atoms with Gasteiger partial charge in [-0.2, -0.15) is 5.26 Å². The Bertz CT molecular complexity index is 1320. The minimum Gasteiger partial charge on any atom is -0.493 e. The van der Waals surface area contributed by atoms with E-state index in [2.05, 4.69) is 16.3 Å². The largest absolute Gasteiger partial charge is 0.493 e. The summed E-state index contributed by atoms with van der Waals surface area (Å²) in [5.74, 6) is -0.300. The zero-order valence-corrected chi connectivity index (χ0v) is 22.4. The number of carbonyl (C=O) groups excluding carboxylic acids is 3. The SMILES string of the molecule is N#CC1(c2ccc(Cl)cc2Cl)CCN(CCCOc2cccc3c2CN(C2CCC(=O)NC2=O)C3=O)CC1. The van der Waals surface area contributed by atoms with Gasteiger partial charge in [-0.3, -0.25) is 19.7 Å². The highest BCUT2D eigenvalue weighted by Gasteiger charge is 2.40. The first kappa shape index (κ1) is 26.5. The maximum Gasteiger partial charge on any atom is 0.255 e. The molecule has 3 amide bonds. The molecule has 3 heterocycles. The Morgan fingerprint density at radius 1 is 1.13 bits per heavy atom.